The summed E-state index contributed by atoms with van der Waals surface area (Å²) in [6.07, 6.45) is 5.48. The van der Waals surface area contributed by atoms with Crippen molar-refractivity contribution < 1.29 is 24.2 Å². The number of anilines is 1. The second-order valence-electron chi connectivity index (χ2n) is 8.39. The molecule has 0 radical (unpaired) electrons. The minimum absolute atomic E-state index is 0.0210. The van der Waals surface area contributed by atoms with Crippen LogP contribution in [0.3, 0.4) is 0 Å². The van der Waals surface area contributed by atoms with Crippen LogP contribution in [0.2, 0.25) is 0 Å². The van der Waals surface area contributed by atoms with Gasteiger partial charge in [-0.2, -0.15) is 0 Å². The number of aliphatic hydroxyl groups is 1. The molecule has 1 aliphatic rings. The Balaban J connectivity index is 1.83. The Morgan fingerprint density at radius 3 is 2.54 bits per heavy atom. The number of ether oxygens (including phenoxy) is 2. The van der Waals surface area contributed by atoms with Gasteiger partial charge in [0.05, 0.1) is 24.8 Å². The normalized spacial score (nSPS) is 17.3. The number of carbonyl (C=O) groups excluding carboxylic acids is 2. The molecule has 1 N–H and O–H groups in total. The number of aromatic nitrogens is 2. The van der Waals surface area contributed by atoms with Crippen LogP contribution in [0.25, 0.3) is 5.76 Å². The van der Waals surface area contributed by atoms with Crippen molar-refractivity contribution in [1.82, 2.24) is 9.97 Å². The lowest BCUT2D eigenvalue weighted by molar-refractivity contribution is -0.132. The second kappa shape index (κ2) is 10.7. The maximum absolute atomic E-state index is 13.2. The number of aliphatic hydroxyl groups excluding tert-OH is 1. The molecule has 182 valence electrons. The van der Waals surface area contributed by atoms with Crippen LogP contribution in [-0.2, 0) is 9.59 Å². The zero-order valence-corrected chi connectivity index (χ0v) is 20.6. The zero-order chi connectivity index (χ0) is 24.9. The van der Waals surface area contributed by atoms with Gasteiger partial charge in [0.2, 0.25) is 0 Å². The van der Waals surface area contributed by atoms with Crippen molar-refractivity contribution in [1.29, 1.82) is 0 Å². The number of rotatable bonds is 9. The van der Waals surface area contributed by atoms with Crippen molar-refractivity contribution in [2.24, 2.45) is 5.92 Å². The highest BCUT2D eigenvalue weighted by Gasteiger charge is 2.48. The van der Waals surface area contributed by atoms with E-state index < -0.39 is 17.7 Å². The number of hydrogen-bond donors (Lipinski definition) is 1. The molecule has 3 heterocycles. The topological polar surface area (TPSA) is 102 Å². The predicted octanol–water partition coefficient (Wildman–Crippen LogP) is 4.99. The summed E-state index contributed by atoms with van der Waals surface area (Å²) in [7, 11) is 0. The molecule has 1 saturated heterocycles. The average Bonchev–Trinajstić information content (AvgIpc) is 3.47. The van der Waals surface area contributed by atoms with Crippen LogP contribution in [0.15, 0.2) is 59.9 Å². The molecule has 3 aromatic rings. The molecule has 0 spiro atoms. The fourth-order valence-electron chi connectivity index (χ4n) is 3.83. The third-order valence-corrected chi connectivity index (χ3v) is 6.33. The Hall–Kier alpha value is -3.72. The van der Waals surface area contributed by atoms with Crippen LogP contribution < -0.4 is 14.4 Å². The molecule has 0 bridgehead atoms. The standard InChI is InChI=1S/C26H27N3O5S/c1-4-33-20-15-18(5-6-19(20)34-13-9-16(2)3)22-21(23(30)17-7-10-27-11-8-17)24(31)25(32)29(22)26-28-12-14-35-26/h5-8,10-12,14-16,22,30H,4,9,13H2,1-3H3/b23-21+. The first-order valence-electron chi connectivity index (χ1n) is 11.4. The monoisotopic (exact) mass is 493 g/mol. The van der Waals surface area contributed by atoms with Crippen molar-refractivity contribution in [3.63, 3.8) is 0 Å². The number of Topliss-reactive ketones (excluding diaryl/α,β-unsaturated/α-hetero) is 1. The molecule has 35 heavy (non-hydrogen) atoms. The van der Waals surface area contributed by atoms with Gasteiger partial charge in [0.25, 0.3) is 5.78 Å². The van der Waals surface area contributed by atoms with E-state index in [1.807, 2.05) is 6.92 Å². The highest BCUT2D eigenvalue weighted by Crippen LogP contribution is 2.44. The summed E-state index contributed by atoms with van der Waals surface area (Å²) in [5.41, 5.74) is 0.961. The van der Waals surface area contributed by atoms with Crippen LogP contribution in [0.5, 0.6) is 11.5 Å². The van der Waals surface area contributed by atoms with Crippen molar-refractivity contribution in [3.05, 3.63) is 71.0 Å². The Kier molecular flexibility index (Phi) is 7.45. The molecule has 0 aliphatic carbocycles. The van der Waals surface area contributed by atoms with E-state index in [4.69, 9.17) is 9.47 Å². The summed E-state index contributed by atoms with van der Waals surface area (Å²) in [5, 5.41) is 13.2. The van der Waals surface area contributed by atoms with Gasteiger partial charge >= 0.3 is 5.91 Å². The van der Waals surface area contributed by atoms with Crippen LogP contribution in [0, 0.1) is 5.92 Å². The van der Waals surface area contributed by atoms with Crippen LogP contribution in [0.4, 0.5) is 5.13 Å². The second-order valence-corrected chi connectivity index (χ2v) is 9.26. The van der Waals surface area contributed by atoms with Gasteiger partial charge in [-0.1, -0.05) is 19.9 Å². The number of benzene rings is 1. The molecular weight excluding hydrogens is 466 g/mol. The van der Waals surface area contributed by atoms with Crippen molar-refractivity contribution in [2.45, 2.75) is 33.2 Å². The molecule has 1 unspecified atom stereocenters. The maximum Gasteiger partial charge on any atom is 0.301 e. The van der Waals surface area contributed by atoms with Gasteiger partial charge in [0.1, 0.15) is 5.76 Å². The van der Waals surface area contributed by atoms with Crippen molar-refractivity contribution >= 4 is 33.9 Å². The van der Waals surface area contributed by atoms with Crippen LogP contribution in [0.1, 0.15) is 44.4 Å². The van der Waals surface area contributed by atoms with Gasteiger partial charge < -0.3 is 14.6 Å². The highest BCUT2D eigenvalue weighted by molar-refractivity contribution is 7.14. The first-order chi connectivity index (χ1) is 16.9. The van der Waals surface area contributed by atoms with Gasteiger partial charge in [-0.05, 0) is 49.1 Å². The molecule has 4 rings (SSSR count). The number of thiazole rings is 1. The lowest BCUT2D eigenvalue weighted by Gasteiger charge is -2.24. The summed E-state index contributed by atoms with van der Waals surface area (Å²) < 4.78 is 11.8. The Bertz CT molecular complexity index is 1230. The Morgan fingerprint density at radius 2 is 1.89 bits per heavy atom. The highest BCUT2D eigenvalue weighted by atomic mass is 32.1. The summed E-state index contributed by atoms with van der Waals surface area (Å²) >= 11 is 1.24. The number of carbonyl (C=O) groups is 2. The quantitative estimate of drug-likeness (QED) is 0.255. The van der Waals surface area contributed by atoms with E-state index in [0.717, 1.165) is 6.42 Å². The maximum atomic E-state index is 13.2. The van der Waals surface area contributed by atoms with Gasteiger partial charge in [0, 0.05) is 29.5 Å². The number of nitrogens with zero attached hydrogens (tertiary/aromatic N) is 3. The number of ketones is 1. The van der Waals surface area contributed by atoms with Gasteiger partial charge in [0.15, 0.2) is 16.6 Å². The molecule has 1 fully saturated rings. The first kappa shape index (κ1) is 24.4. The molecule has 1 aromatic carbocycles. The van der Waals surface area contributed by atoms with Gasteiger partial charge in [-0.25, -0.2) is 4.98 Å². The molecule has 1 aliphatic heterocycles. The molecule has 8 nitrogen and oxygen atoms in total. The summed E-state index contributed by atoms with van der Waals surface area (Å²) in [6, 6.07) is 7.59. The van der Waals surface area contributed by atoms with Gasteiger partial charge in [-0.15, -0.1) is 11.3 Å². The number of amides is 1. The average molecular weight is 494 g/mol. The van der Waals surface area contributed by atoms with E-state index >= 15 is 0 Å². The van der Waals surface area contributed by atoms with Crippen LogP contribution in [-0.4, -0.2) is 40.0 Å². The smallest absolute Gasteiger partial charge is 0.301 e. The fraction of sp³-hybridized carbons (Fsp3) is 0.308. The predicted molar refractivity (Wildman–Crippen MR) is 134 cm³/mol. The molecule has 1 amide bonds. The van der Waals surface area contributed by atoms with E-state index in [9.17, 15) is 14.7 Å². The van der Waals surface area contributed by atoms with Crippen LogP contribution >= 0.6 is 11.3 Å². The fourth-order valence-corrected chi connectivity index (χ4v) is 4.50. The lowest BCUT2D eigenvalue weighted by Crippen LogP contribution is -2.29. The summed E-state index contributed by atoms with van der Waals surface area (Å²) in [6.45, 7) is 7.07. The van der Waals surface area contributed by atoms with E-state index in [1.165, 1.54) is 28.6 Å². The largest absolute Gasteiger partial charge is 0.507 e. The molecule has 2 aromatic heterocycles. The van der Waals surface area contributed by atoms with Gasteiger partial charge in [-0.3, -0.25) is 19.5 Å². The SMILES string of the molecule is CCOc1cc(C2/C(=C(\O)c3ccncc3)C(=O)C(=O)N2c2nccs2)ccc1OCCC(C)C. The van der Waals surface area contributed by atoms with E-state index in [2.05, 4.69) is 23.8 Å². The molecule has 1 atom stereocenters. The third-order valence-electron chi connectivity index (χ3n) is 5.56. The third kappa shape index (κ3) is 5.05. The summed E-state index contributed by atoms with van der Waals surface area (Å²) in [4.78, 5) is 35.9. The van der Waals surface area contributed by atoms with E-state index in [-0.39, 0.29) is 11.3 Å². The molecular formula is C26H27N3O5S. The summed E-state index contributed by atoms with van der Waals surface area (Å²) in [5.74, 6) is -0.231. The number of pyridine rings is 1. The lowest BCUT2D eigenvalue weighted by atomic mass is 9.95. The van der Waals surface area contributed by atoms with Crippen molar-refractivity contribution in [3.8, 4) is 11.5 Å². The van der Waals surface area contributed by atoms with Crippen molar-refractivity contribution in [2.75, 3.05) is 18.1 Å². The minimum atomic E-state index is -0.891. The van der Waals surface area contributed by atoms with E-state index in [1.54, 1.807) is 41.9 Å². The Morgan fingerprint density at radius 1 is 1.11 bits per heavy atom. The minimum Gasteiger partial charge on any atom is -0.507 e. The van der Waals surface area contributed by atoms with E-state index in [0.29, 0.717) is 46.9 Å². The first-order valence-corrected chi connectivity index (χ1v) is 12.3. The molecule has 9 heteroatoms. The molecule has 0 saturated carbocycles. The Labute approximate surface area is 207 Å². The zero-order valence-electron chi connectivity index (χ0n) is 19.8. The number of hydrogen-bond acceptors (Lipinski definition) is 8.